The number of rotatable bonds is 7. The van der Waals surface area contributed by atoms with Crippen molar-refractivity contribution in [3.63, 3.8) is 0 Å². The van der Waals surface area contributed by atoms with Crippen LogP contribution in [0.2, 0.25) is 0 Å². The molecule has 0 fully saturated rings. The second-order valence-corrected chi connectivity index (χ2v) is 4.46. The third-order valence-electron chi connectivity index (χ3n) is 2.66. The van der Waals surface area contributed by atoms with Crippen LogP contribution >= 0.6 is 12.2 Å². The highest BCUT2D eigenvalue weighted by molar-refractivity contribution is 7.80. The van der Waals surface area contributed by atoms with Crippen LogP contribution in [0.25, 0.3) is 0 Å². The molecule has 0 atom stereocenters. The molecule has 0 aromatic heterocycles. The molecule has 17 heavy (non-hydrogen) atoms. The van der Waals surface area contributed by atoms with Crippen molar-refractivity contribution in [3.8, 4) is 5.75 Å². The largest absolute Gasteiger partial charge is 0.497 e. The Balaban J connectivity index is 2.56. The minimum absolute atomic E-state index is 0.578. The summed E-state index contributed by atoms with van der Waals surface area (Å²) in [5.41, 5.74) is 6.76. The quantitative estimate of drug-likeness (QED) is 0.755. The van der Waals surface area contributed by atoms with Crippen LogP contribution < -0.4 is 10.5 Å². The number of nitrogens with zero attached hydrogens (tertiary/aromatic N) is 1. The Morgan fingerprint density at radius 3 is 2.82 bits per heavy atom. The molecule has 1 aromatic carbocycles. The Labute approximate surface area is 109 Å². The van der Waals surface area contributed by atoms with Crippen LogP contribution in [-0.4, -0.2) is 30.1 Å². The van der Waals surface area contributed by atoms with Crippen LogP contribution in [0.1, 0.15) is 18.9 Å². The first-order chi connectivity index (χ1) is 8.15. The van der Waals surface area contributed by atoms with Gasteiger partial charge in [0, 0.05) is 19.5 Å². The number of nitrogens with two attached hydrogens (primary N) is 1. The van der Waals surface area contributed by atoms with Gasteiger partial charge >= 0.3 is 0 Å². The minimum atomic E-state index is 0.578. The summed E-state index contributed by atoms with van der Waals surface area (Å²) in [6.07, 6.45) is 0.771. The number of ether oxygens (including phenoxy) is 1. The first kappa shape index (κ1) is 13.9. The van der Waals surface area contributed by atoms with E-state index in [1.54, 1.807) is 7.11 Å². The van der Waals surface area contributed by atoms with Gasteiger partial charge in [0.15, 0.2) is 0 Å². The minimum Gasteiger partial charge on any atom is -0.497 e. The van der Waals surface area contributed by atoms with Crippen LogP contribution in [0.3, 0.4) is 0 Å². The standard InChI is InChI=1S/C13H20N2OS/c1-3-15(8-7-13(14)17)10-11-5-4-6-12(9-11)16-2/h4-6,9H,3,7-8,10H2,1-2H3,(H2,14,17). The van der Waals surface area contributed by atoms with E-state index in [9.17, 15) is 0 Å². The van der Waals surface area contributed by atoms with Crippen LogP contribution in [0, 0.1) is 0 Å². The molecule has 0 bridgehead atoms. The van der Waals surface area contributed by atoms with E-state index in [0.29, 0.717) is 4.99 Å². The average molecular weight is 252 g/mol. The highest BCUT2D eigenvalue weighted by atomic mass is 32.1. The Morgan fingerprint density at radius 2 is 2.24 bits per heavy atom. The van der Waals surface area contributed by atoms with E-state index >= 15 is 0 Å². The number of thiocarbonyl (C=S) groups is 1. The van der Waals surface area contributed by atoms with E-state index in [0.717, 1.165) is 31.8 Å². The topological polar surface area (TPSA) is 38.5 Å². The lowest BCUT2D eigenvalue weighted by atomic mass is 10.2. The molecule has 0 radical (unpaired) electrons. The highest BCUT2D eigenvalue weighted by Gasteiger charge is 2.05. The van der Waals surface area contributed by atoms with Gasteiger partial charge in [-0.25, -0.2) is 0 Å². The van der Waals surface area contributed by atoms with Gasteiger partial charge in [-0.05, 0) is 24.2 Å². The molecular weight excluding hydrogens is 232 g/mol. The van der Waals surface area contributed by atoms with Crippen LogP contribution in [-0.2, 0) is 6.54 Å². The maximum Gasteiger partial charge on any atom is 0.119 e. The van der Waals surface area contributed by atoms with E-state index in [1.165, 1.54) is 5.56 Å². The fourth-order valence-electron chi connectivity index (χ4n) is 1.65. The zero-order valence-corrected chi connectivity index (χ0v) is 11.3. The van der Waals surface area contributed by atoms with Gasteiger partial charge in [-0.1, -0.05) is 31.3 Å². The third-order valence-corrected chi connectivity index (χ3v) is 2.87. The lowest BCUT2D eigenvalue weighted by Gasteiger charge is -2.20. The summed E-state index contributed by atoms with van der Waals surface area (Å²) in [7, 11) is 1.68. The molecule has 94 valence electrons. The summed E-state index contributed by atoms with van der Waals surface area (Å²) in [6, 6.07) is 8.12. The zero-order valence-electron chi connectivity index (χ0n) is 10.5. The molecule has 0 aliphatic heterocycles. The molecule has 0 amide bonds. The molecule has 0 aliphatic rings. The Hall–Kier alpha value is -1.13. The van der Waals surface area contributed by atoms with E-state index in [4.69, 9.17) is 22.7 Å². The third kappa shape index (κ3) is 5.15. The normalized spacial score (nSPS) is 10.5. The Kier molecular flexibility index (Phi) is 5.94. The first-order valence-electron chi connectivity index (χ1n) is 5.79. The SMILES string of the molecule is CCN(CCC(N)=S)Cc1cccc(OC)c1. The smallest absolute Gasteiger partial charge is 0.119 e. The summed E-state index contributed by atoms with van der Waals surface area (Å²) >= 11 is 4.90. The van der Waals surface area contributed by atoms with Crippen LogP contribution in [0.5, 0.6) is 5.75 Å². The summed E-state index contributed by atoms with van der Waals surface area (Å²) in [4.78, 5) is 2.89. The summed E-state index contributed by atoms with van der Waals surface area (Å²) in [6.45, 7) is 4.93. The van der Waals surface area contributed by atoms with Gasteiger partial charge in [-0.3, -0.25) is 4.90 Å². The Morgan fingerprint density at radius 1 is 1.47 bits per heavy atom. The zero-order chi connectivity index (χ0) is 12.7. The van der Waals surface area contributed by atoms with E-state index in [-0.39, 0.29) is 0 Å². The molecule has 1 rings (SSSR count). The van der Waals surface area contributed by atoms with Gasteiger partial charge in [0.05, 0.1) is 12.1 Å². The second-order valence-electron chi connectivity index (χ2n) is 3.94. The summed E-state index contributed by atoms with van der Waals surface area (Å²) in [5, 5.41) is 0. The van der Waals surface area contributed by atoms with Crippen molar-refractivity contribution in [2.24, 2.45) is 5.73 Å². The fraction of sp³-hybridized carbons (Fsp3) is 0.462. The summed E-state index contributed by atoms with van der Waals surface area (Å²) < 4.78 is 5.21. The van der Waals surface area contributed by atoms with Gasteiger partial charge in [0.1, 0.15) is 5.75 Å². The number of hydrogen-bond donors (Lipinski definition) is 1. The molecular formula is C13H20N2OS. The molecule has 0 spiro atoms. The fourth-order valence-corrected chi connectivity index (χ4v) is 1.74. The van der Waals surface area contributed by atoms with Crippen molar-refractivity contribution in [1.82, 2.24) is 4.90 Å². The molecule has 0 heterocycles. The second kappa shape index (κ2) is 7.25. The van der Waals surface area contributed by atoms with E-state index in [1.807, 2.05) is 12.1 Å². The molecule has 0 saturated heterocycles. The molecule has 3 nitrogen and oxygen atoms in total. The maximum atomic E-state index is 5.52. The maximum absolute atomic E-state index is 5.52. The van der Waals surface area contributed by atoms with Gasteiger partial charge in [-0.2, -0.15) is 0 Å². The van der Waals surface area contributed by atoms with Crippen LogP contribution in [0.4, 0.5) is 0 Å². The van der Waals surface area contributed by atoms with Crippen molar-refractivity contribution in [3.05, 3.63) is 29.8 Å². The summed E-state index contributed by atoms with van der Waals surface area (Å²) in [5.74, 6) is 0.896. The molecule has 0 saturated carbocycles. The predicted molar refractivity (Wildman–Crippen MR) is 75.3 cm³/mol. The van der Waals surface area contributed by atoms with E-state index < -0.39 is 0 Å². The lowest BCUT2D eigenvalue weighted by Crippen LogP contribution is -2.27. The van der Waals surface area contributed by atoms with Gasteiger partial charge in [0.25, 0.3) is 0 Å². The van der Waals surface area contributed by atoms with Crippen molar-refractivity contribution in [2.75, 3.05) is 20.2 Å². The number of hydrogen-bond acceptors (Lipinski definition) is 3. The predicted octanol–water partition coefficient (Wildman–Crippen LogP) is 2.19. The van der Waals surface area contributed by atoms with Crippen molar-refractivity contribution in [2.45, 2.75) is 19.9 Å². The van der Waals surface area contributed by atoms with E-state index in [2.05, 4.69) is 24.0 Å². The molecule has 1 aromatic rings. The Bertz CT molecular complexity index is 368. The first-order valence-corrected chi connectivity index (χ1v) is 6.20. The highest BCUT2D eigenvalue weighted by Crippen LogP contribution is 2.14. The monoisotopic (exact) mass is 252 g/mol. The molecule has 0 aliphatic carbocycles. The van der Waals surface area contributed by atoms with Crippen molar-refractivity contribution >= 4 is 17.2 Å². The van der Waals surface area contributed by atoms with Gasteiger partial charge in [0.2, 0.25) is 0 Å². The average Bonchev–Trinajstić information content (AvgIpc) is 2.34. The van der Waals surface area contributed by atoms with Crippen LogP contribution in [0.15, 0.2) is 24.3 Å². The molecule has 4 heteroatoms. The molecule has 0 unspecified atom stereocenters. The van der Waals surface area contributed by atoms with Crippen molar-refractivity contribution in [1.29, 1.82) is 0 Å². The van der Waals surface area contributed by atoms with Crippen molar-refractivity contribution < 1.29 is 4.74 Å². The number of methoxy groups -OCH3 is 1. The van der Waals surface area contributed by atoms with Gasteiger partial charge in [-0.15, -0.1) is 0 Å². The number of benzene rings is 1. The van der Waals surface area contributed by atoms with Gasteiger partial charge < -0.3 is 10.5 Å². The molecule has 2 N–H and O–H groups in total. The lowest BCUT2D eigenvalue weighted by molar-refractivity contribution is 0.288.